The lowest BCUT2D eigenvalue weighted by Crippen LogP contribution is -2.59. The van der Waals surface area contributed by atoms with E-state index >= 15 is 0 Å². The van der Waals surface area contributed by atoms with Crippen molar-refractivity contribution in [3.8, 4) is 0 Å². The summed E-state index contributed by atoms with van der Waals surface area (Å²) in [5.41, 5.74) is 0. The molecule has 22 heavy (non-hydrogen) atoms. The number of thioether (sulfide) groups is 1. The van der Waals surface area contributed by atoms with Gasteiger partial charge >= 0.3 is 0 Å². The number of carbonyl (C=O) groups excluding carboxylic acids is 1. The van der Waals surface area contributed by atoms with E-state index in [1.54, 1.807) is 24.2 Å². The normalized spacial score (nSPS) is 16.5. The van der Waals surface area contributed by atoms with Crippen molar-refractivity contribution in [3.63, 3.8) is 0 Å². The minimum atomic E-state index is -1.72. The van der Waals surface area contributed by atoms with E-state index in [0.29, 0.717) is 5.75 Å². The molecule has 1 aromatic heterocycles. The summed E-state index contributed by atoms with van der Waals surface area (Å²) in [5, 5.41) is 0.217. The van der Waals surface area contributed by atoms with Crippen LogP contribution in [0.3, 0.4) is 0 Å². The Kier molecular flexibility index (Phi) is 5.35. The zero-order chi connectivity index (χ0) is 16.4. The monoisotopic (exact) mass is 338 g/mol. The standard InChI is InChI=1S/C16H26N2O2SSi/c1-16(2,3)22(4,5)20-13-10-18(11-13)15(19)12-21-14-6-8-17-9-7-14/h6-9,13H,10-12H2,1-5H3. The van der Waals surface area contributed by atoms with Gasteiger partial charge in [-0.25, -0.2) is 0 Å². The van der Waals surface area contributed by atoms with Gasteiger partial charge in [-0.15, -0.1) is 11.8 Å². The van der Waals surface area contributed by atoms with Crippen LogP contribution in [0.2, 0.25) is 18.1 Å². The van der Waals surface area contributed by atoms with E-state index in [4.69, 9.17) is 4.43 Å². The number of carbonyl (C=O) groups is 1. The van der Waals surface area contributed by atoms with E-state index in [9.17, 15) is 4.79 Å². The molecule has 6 heteroatoms. The Morgan fingerprint density at radius 2 is 1.95 bits per heavy atom. The van der Waals surface area contributed by atoms with Crippen molar-refractivity contribution in [3.05, 3.63) is 24.5 Å². The lowest BCUT2D eigenvalue weighted by Gasteiger charge is -2.46. The maximum Gasteiger partial charge on any atom is 0.233 e. The Morgan fingerprint density at radius 3 is 2.50 bits per heavy atom. The van der Waals surface area contributed by atoms with E-state index in [1.807, 2.05) is 17.0 Å². The van der Waals surface area contributed by atoms with Gasteiger partial charge in [0.2, 0.25) is 5.91 Å². The molecule has 0 aliphatic carbocycles. The summed E-state index contributed by atoms with van der Waals surface area (Å²) in [5.74, 6) is 0.675. The van der Waals surface area contributed by atoms with Crippen molar-refractivity contribution in [2.24, 2.45) is 0 Å². The Hall–Kier alpha value is -0.853. The van der Waals surface area contributed by atoms with Crippen LogP contribution in [-0.2, 0) is 9.22 Å². The van der Waals surface area contributed by atoms with E-state index in [2.05, 4.69) is 38.8 Å². The van der Waals surface area contributed by atoms with Crippen LogP contribution in [-0.4, -0.2) is 49.1 Å². The van der Waals surface area contributed by atoms with Crippen molar-refractivity contribution in [2.45, 2.75) is 49.9 Å². The fourth-order valence-electron chi connectivity index (χ4n) is 1.98. The second-order valence-corrected chi connectivity index (χ2v) is 13.1. The molecule has 0 bridgehead atoms. The Morgan fingerprint density at radius 1 is 1.36 bits per heavy atom. The lowest BCUT2D eigenvalue weighted by molar-refractivity contribution is -0.137. The molecule has 1 aliphatic heterocycles. The topological polar surface area (TPSA) is 42.4 Å². The number of amides is 1. The first kappa shape index (κ1) is 17.5. The average molecular weight is 339 g/mol. The summed E-state index contributed by atoms with van der Waals surface area (Å²) in [6.45, 7) is 12.7. The van der Waals surface area contributed by atoms with Crippen molar-refractivity contribution < 1.29 is 9.22 Å². The number of likely N-dealkylation sites (tertiary alicyclic amines) is 1. The lowest BCUT2D eigenvalue weighted by atomic mass is 10.2. The third-order valence-corrected chi connectivity index (χ3v) is 10.0. The fourth-order valence-corrected chi connectivity index (χ4v) is 4.10. The van der Waals surface area contributed by atoms with Crippen molar-refractivity contribution in [1.29, 1.82) is 0 Å². The van der Waals surface area contributed by atoms with E-state index in [-0.39, 0.29) is 17.0 Å². The molecular formula is C16H26N2O2SSi. The molecule has 1 aliphatic rings. The second kappa shape index (κ2) is 6.72. The van der Waals surface area contributed by atoms with E-state index in [1.165, 1.54) is 0 Å². The molecule has 0 saturated carbocycles. The fraction of sp³-hybridized carbons (Fsp3) is 0.625. The average Bonchev–Trinajstić information content (AvgIpc) is 2.39. The molecule has 1 saturated heterocycles. The summed E-state index contributed by atoms with van der Waals surface area (Å²) in [6, 6.07) is 3.86. The zero-order valence-corrected chi connectivity index (χ0v) is 15.9. The van der Waals surface area contributed by atoms with Gasteiger partial charge in [0.15, 0.2) is 8.32 Å². The molecule has 122 valence electrons. The number of pyridine rings is 1. The van der Waals surface area contributed by atoms with Crippen LogP contribution in [0.5, 0.6) is 0 Å². The van der Waals surface area contributed by atoms with Gasteiger partial charge in [0.05, 0.1) is 11.9 Å². The van der Waals surface area contributed by atoms with Gasteiger partial charge in [-0.1, -0.05) is 20.8 Å². The van der Waals surface area contributed by atoms with Crippen LogP contribution in [0.15, 0.2) is 29.4 Å². The molecule has 0 spiro atoms. The maximum atomic E-state index is 12.2. The first-order chi connectivity index (χ1) is 10.2. The summed E-state index contributed by atoms with van der Waals surface area (Å²) < 4.78 is 6.31. The van der Waals surface area contributed by atoms with Gasteiger partial charge in [-0.2, -0.15) is 0 Å². The van der Waals surface area contributed by atoms with Crippen molar-refractivity contribution in [1.82, 2.24) is 9.88 Å². The van der Waals surface area contributed by atoms with E-state index in [0.717, 1.165) is 18.0 Å². The second-order valence-electron chi connectivity index (χ2n) is 7.27. The number of aromatic nitrogens is 1. The van der Waals surface area contributed by atoms with Crippen LogP contribution in [0.4, 0.5) is 0 Å². The molecular weight excluding hydrogens is 312 g/mol. The highest BCUT2D eigenvalue weighted by atomic mass is 32.2. The summed E-state index contributed by atoms with van der Waals surface area (Å²) in [7, 11) is -1.72. The molecule has 0 aromatic carbocycles. The van der Waals surface area contributed by atoms with Gasteiger partial charge in [-0.3, -0.25) is 9.78 Å². The molecule has 4 nitrogen and oxygen atoms in total. The third kappa shape index (κ3) is 4.33. The van der Waals surface area contributed by atoms with Crippen LogP contribution in [0, 0.1) is 0 Å². The predicted molar refractivity (Wildman–Crippen MR) is 93.6 cm³/mol. The van der Waals surface area contributed by atoms with Gasteiger partial charge < -0.3 is 9.33 Å². The van der Waals surface area contributed by atoms with Crippen LogP contribution < -0.4 is 0 Å². The number of hydrogen-bond acceptors (Lipinski definition) is 4. The molecule has 0 atom stereocenters. The van der Waals surface area contributed by atoms with Crippen LogP contribution in [0.1, 0.15) is 20.8 Å². The quantitative estimate of drug-likeness (QED) is 0.609. The number of nitrogens with zero attached hydrogens (tertiary/aromatic N) is 2. The molecule has 0 unspecified atom stereocenters. The van der Waals surface area contributed by atoms with Gasteiger partial charge in [0, 0.05) is 30.4 Å². The Bertz CT molecular complexity index is 511. The highest BCUT2D eigenvalue weighted by molar-refractivity contribution is 8.00. The molecule has 1 aromatic rings. The van der Waals surface area contributed by atoms with Crippen molar-refractivity contribution in [2.75, 3.05) is 18.8 Å². The highest BCUT2D eigenvalue weighted by Crippen LogP contribution is 2.38. The molecule has 2 heterocycles. The highest BCUT2D eigenvalue weighted by Gasteiger charge is 2.42. The SMILES string of the molecule is CC(C)(C)[Si](C)(C)OC1CN(C(=O)CSc2ccncc2)C1. The third-order valence-electron chi connectivity index (χ3n) is 4.48. The zero-order valence-electron chi connectivity index (χ0n) is 14.1. The summed E-state index contributed by atoms with van der Waals surface area (Å²) in [6.07, 6.45) is 3.72. The van der Waals surface area contributed by atoms with E-state index < -0.39 is 8.32 Å². The smallest absolute Gasteiger partial charge is 0.233 e. The molecule has 0 N–H and O–H groups in total. The van der Waals surface area contributed by atoms with Gasteiger partial charge in [0.1, 0.15) is 0 Å². The summed E-state index contributed by atoms with van der Waals surface area (Å²) >= 11 is 1.56. The van der Waals surface area contributed by atoms with Crippen LogP contribution >= 0.6 is 11.8 Å². The maximum absolute atomic E-state index is 12.2. The van der Waals surface area contributed by atoms with Gasteiger partial charge in [-0.05, 0) is 30.3 Å². The first-order valence-corrected chi connectivity index (χ1v) is 11.6. The first-order valence-electron chi connectivity index (χ1n) is 7.67. The molecule has 1 fully saturated rings. The summed E-state index contributed by atoms with van der Waals surface area (Å²) in [4.78, 5) is 19.1. The largest absolute Gasteiger partial charge is 0.410 e. The van der Waals surface area contributed by atoms with Crippen LogP contribution in [0.25, 0.3) is 0 Å². The number of rotatable bonds is 5. The predicted octanol–water partition coefficient (Wildman–Crippen LogP) is 3.41. The van der Waals surface area contributed by atoms with Gasteiger partial charge in [0.25, 0.3) is 0 Å². The minimum absolute atomic E-state index is 0.192. The van der Waals surface area contributed by atoms with Crippen molar-refractivity contribution >= 4 is 26.0 Å². The molecule has 1 amide bonds. The molecule has 2 rings (SSSR count). The Labute approximate surface area is 138 Å². The molecule has 0 radical (unpaired) electrons. The Balaban J connectivity index is 1.73. The number of hydrogen-bond donors (Lipinski definition) is 0. The minimum Gasteiger partial charge on any atom is -0.410 e.